The van der Waals surface area contributed by atoms with E-state index >= 15 is 0 Å². The second-order valence-electron chi connectivity index (χ2n) is 13.1. The van der Waals surface area contributed by atoms with E-state index in [9.17, 15) is 9.36 Å². The number of rotatable bonds is 9. The van der Waals surface area contributed by atoms with E-state index in [2.05, 4.69) is 56.4 Å². The molecule has 2 aliphatic rings. The molecule has 1 aliphatic carbocycles. The molecular formula is C35H41ClN7O2P. The zero-order valence-electron chi connectivity index (χ0n) is 26.8. The average molecular weight is 658 g/mol. The molecule has 0 radical (unpaired) electrons. The third-order valence-electron chi connectivity index (χ3n) is 9.36. The number of fused-ring (bicyclic) bond motifs is 1. The number of aromatic nitrogens is 2. The number of halogens is 1. The van der Waals surface area contributed by atoms with Gasteiger partial charge in [-0.15, -0.1) is 0 Å². The lowest BCUT2D eigenvalue weighted by Crippen LogP contribution is -2.53. The van der Waals surface area contributed by atoms with Gasteiger partial charge in [-0.25, -0.2) is 4.98 Å². The molecular weight excluding hydrogens is 617 g/mol. The zero-order valence-corrected chi connectivity index (χ0v) is 28.5. The summed E-state index contributed by atoms with van der Waals surface area (Å²) in [6.45, 7) is 9.04. The number of carbonyl (C=O) groups is 1. The molecule has 1 saturated carbocycles. The number of hydrogen-bond acceptors (Lipinski definition) is 8. The Bertz CT molecular complexity index is 1840. The van der Waals surface area contributed by atoms with Crippen LogP contribution in [0.15, 0.2) is 73.4 Å². The Balaban J connectivity index is 1.24. The van der Waals surface area contributed by atoms with Crippen LogP contribution in [0.4, 0.5) is 34.5 Å². The molecule has 4 aromatic rings. The van der Waals surface area contributed by atoms with E-state index < -0.39 is 7.14 Å². The molecule has 2 fully saturated rings. The van der Waals surface area contributed by atoms with E-state index in [1.165, 1.54) is 25.1 Å². The van der Waals surface area contributed by atoms with Gasteiger partial charge in [0, 0.05) is 30.1 Å². The standard InChI is InChI=1S/C35H41ClN7O2P/c1-6-31(44)39-29-19-24(12-14-30(29)43-17-15-35(16-18-43)20-25(21-35)42(2)3)38-34-37-22-27(36)33(41-34)40-28-13-11-23-9-7-8-10-26(23)32(28)46(4,5)45/h6-14,19,22,25H,1,15-18,20-21H2,2-5H3,(H,39,44)(H2,37,38,40,41). The molecule has 1 aromatic heterocycles. The summed E-state index contributed by atoms with van der Waals surface area (Å²) in [5.74, 6) is 0.430. The van der Waals surface area contributed by atoms with Crippen LogP contribution in [0.25, 0.3) is 10.8 Å². The topological polar surface area (TPSA) is 102 Å². The van der Waals surface area contributed by atoms with Gasteiger partial charge in [-0.1, -0.05) is 48.5 Å². The first-order chi connectivity index (χ1) is 21.9. The van der Waals surface area contributed by atoms with Crippen LogP contribution in [0.3, 0.4) is 0 Å². The third-order valence-corrected chi connectivity index (χ3v) is 11.2. The van der Waals surface area contributed by atoms with E-state index in [4.69, 9.17) is 11.6 Å². The van der Waals surface area contributed by atoms with Crippen molar-refractivity contribution < 1.29 is 9.36 Å². The maximum Gasteiger partial charge on any atom is 0.247 e. The largest absolute Gasteiger partial charge is 0.370 e. The van der Waals surface area contributed by atoms with Gasteiger partial charge in [0.15, 0.2) is 5.82 Å². The van der Waals surface area contributed by atoms with Crippen LogP contribution in [-0.4, -0.2) is 67.3 Å². The van der Waals surface area contributed by atoms with E-state index in [0.717, 1.165) is 47.7 Å². The highest BCUT2D eigenvalue weighted by molar-refractivity contribution is 7.71. The SMILES string of the molecule is C=CC(=O)Nc1cc(Nc2ncc(Cl)c(Nc3ccc4ccccc4c3P(C)(C)=O)n2)ccc1N1CCC2(CC1)CC(N(C)C)C2. The molecule has 11 heteroatoms. The van der Waals surface area contributed by atoms with Crippen molar-refractivity contribution in [2.45, 2.75) is 31.7 Å². The maximum absolute atomic E-state index is 13.4. The molecule has 2 heterocycles. The molecule has 3 N–H and O–H groups in total. The van der Waals surface area contributed by atoms with Gasteiger partial charge in [0.1, 0.15) is 12.2 Å². The van der Waals surface area contributed by atoms with E-state index in [-0.39, 0.29) is 5.91 Å². The molecule has 6 rings (SSSR count). The highest BCUT2D eigenvalue weighted by Gasteiger charge is 2.46. The number of piperidine rings is 1. The highest BCUT2D eigenvalue weighted by Crippen LogP contribution is 2.51. The first-order valence-electron chi connectivity index (χ1n) is 15.6. The fraction of sp³-hybridized carbons (Fsp3) is 0.343. The molecule has 240 valence electrons. The van der Waals surface area contributed by atoms with Gasteiger partial charge in [-0.05, 0) is 99.6 Å². The van der Waals surface area contributed by atoms with Gasteiger partial charge in [-0.2, -0.15) is 4.98 Å². The van der Waals surface area contributed by atoms with Crippen molar-refractivity contribution in [1.82, 2.24) is 14.9 Å². The number of hydrogen-bond donors (Lipinski definition) is 3. The second kappa shape index (κ2) is 12.7. The highest BCUT2D eigenvalue weighted by atomic mass is 35.5. The smallest absolute Gasteiger partial charge is 0.247 e. The molecule has 3 aromatic carbocycles. The van der Waals surface area contributed by atoms with Crippen LogP contribution in [0.5, 0.6) is 0 Å². The molecule has 1 spiro atoms. The van der Waals surface area contributed by atoms with Crippen LogP contribution in [0.2, 0.25) is 5.02 Å². The minimum Gasteiger partial charge on any atom is -0.370 e. The van der Waals surface area contributed by atoms with Crippen molar-refractivity contribution in [3.8, 4) is 0 Å². The summed E-state index contributed by atoms with van der Waals surface area (Å²) in [5.41, 5.74) is 3.50. The van der Waals surface area contributed by atoms with E-state index in [1.54, 1.807) is 13.3 Å². The summed E-state index contributed by atoms with van der Waals surface area (Å²) in [6, 6.07) is 18.3. The minimum atomic E-state index is -2.68. The Morgan fingerprint density at radius 1 is 1.07 bits per heavy atom. The van der Waals surface area contributed by atoms with Crippen molar-refractivity contribution in [3.05, 3.63) is 78.5 Å². The molecule has 1 aliphatic heterocycles. The molecule has 0 bridgehead atoms. The van der Waals surface area contributed by atoms with Gasteiger partial charge in [-0.3, -0.25) is 4.79 Å². The number of nitrogens with zero attached hydrogens (tertiary/aromatic N) is 4. The van der Waals surface area contributed by atoms with E-state index in [1.807, 2.05) is 54.6 Å². The maximum atomic E-state index is 13.4. The molecule has 1 amide bonds. The lowest BCUT2D eigenvalue weighted by Gasteiger charge is -2.54. The van der Waals surface area contributed by atoms with Gasteiger partial charge >= 0.3 is 0 Å². The van der Waals surface area contributed by atoms with Crippen molar-refractivity contribution in [3.63, 3.8) is 0 Å². The van der Waals surface area contributed by atoms with Crippen LogP contribution >= 0.6 is 18.7 Å². The lowest BCUT2D eigenvalue weighted by molar-refractivity contribution is -0.111. The first kappa shape index (κ1) is 32.0. The Morgan fingerprint density at radius 3 is 2.50 bits per heavy atom. The molecule has 0 atom stereocenters. The summed E-state index contributed by atoms with van der Waals surface area (Å²) in [5, 5.41) is 12.6. The van der Waals surface area contributed by atoms with Crippen molar-refractivity contribution in [2.24, 2.45) is 5.41 Å². The monoisotopic (exact) mass is 657 g/mol. The van der Waals surface area contributed by atoms with Crippen LogP contribution in [-0.2, 0) is 9.36 Å². The van der Waals surface area contributed by atoms with Gasteiger partial charge in [0.2, 0.25) is 11.9 Å². The van der Waals surface area contributed by atoms with E-state index in [0.29, 0.717) is 45.3 Å². The fourth-order valence-corrected chi connectivity index (χ4v) is 8.45. The van der Waals surface area contributed by atoms with Crippen LogP contribution in [0, 0.1) is 5.41 Å². The van der Waals surface area contributed by atoms with Crippen LogP contribution in [0.1, 0.15) is 25.7 Å². The summed E-state index contributed by atoms with van der Waals surface area (Å²) in [4.78, 5) is 26.2. The van der Waals surface area contributed by atoms with Gasteiger partial charge in [0.05, 0.1) is 23.3 Å². The number of carbonyl (C=O) groups excluding carboxylic acids is 1. The summed E-state index contributed by atoms with van der Waals surface area (Å²) < 4.78 is 13.4. The summed E-state index contributed by atoms with van der Waals surface area (Å²) >= 11 is 6.55. The summed E-state index contributed by atoms with van der Waals surface area (Å²) in [7, 11) is 1.65. The molecule has 1 saturated heterocycles. The lowest BCUT2D eigenvalue weighted by atomic mass is 9.60. The predicted octanol–water partition coefficient (Wildman–Crippen LogP) is 7.45. The molecule has 9 nitrogen and oxygen atoms in total. The number of anilines is 6. The van der Waals surface area contributed by atoms with Crippen LogP contribution < -0.4 is 26.2 Å². The van der Waals surface area contributed by atoms with Crippen molar-refractivity contribution in [2.75, 3.05) is 61.4 Å². The zero-order chi connectivity index (χ0) is 32.6. The molecule has 0 unspecified atom stereocenters. The Morgan fingerprint density at radius 2 is 1.80 bits per heavy atom. The number of nitrogens with one attached hydrogen (secondary N) is 3. The normalized spacial score (nSPS) is 16.3. The Kier molecular flexibility index (Phi) is 8.85. The Labute approximate surface area is 275 Å². The predicted molar refractivity (Wildman–Crippen MR) is 193 cm³/mol. The first-order valence-corrected chi connectivity index (χ1v) is 18.6. The van der Waals surface area contributed by atoms with Crippen molar-refractivity contribution >= 4 is 75.2 Å². The number of benzene rings is 3. The quantitative estimate of drug-likeness (QED) is 0.126. The van der Waals surface area contributed by atoms with Gasteiger partial charge in [0.25, 0.3) is 0 Å². The minimum absolute atomic E-state index is 0.274. The fourth-order valence-electron chi connectivity index (χ4n) is 6.82. The second-order valence-corrected chi connectivity index (χ2v) is 16.7. The van der Waals surface area contributed by atoms with Crippen molar-refractivity contribution in [1.29, 1.82) is 0 Å². The Hall–Kier alpha value is -3.91. The summed E-state index contributed by atoms with van der Waals surface area (Å²) in [6.07, 6.45) is 7.60. The molecule has 46 heavy (non-hydrogen) atoms. The average Bonchev–Trinajstić information content (AvgIpc) is 3.01. The third kappa shape index (κ3) is 6.63. The number of amides is 1. The van der Waals surface area contributed by atoms with Gasteiger partial charge < -0.3 is 30.3 Å².